The number of carbonyl (C=O) groups excluding carboxylic acids is 1. The molecule has 3 aliphatic rings. The van der Waals surface area contributed by atoms with Crippen LogP contribution in [0.3, 0.4) is 0 Å². The largest absolute Gasteiger partial charge is 0.338 e. The van der Waals surface area contributed by atoms with Gasteiger partial charge in [0.25, 0.3) is 11.7 Å². The van der Waals surface area contributed by atoms with Crippen molar-refractivity contribution in [2.24, 2.45) is 0 Å². The minimum absolute atomic E-state index is 0.0294. The molecule has 3 aromatic rings. The Morgan fingerprint density at radius 1 is 1.10 bits per heavy atom. The van der Waals surface area contributed by atoms with Gasteiger partial charge in [-0.25, -0.2) is 17.2 Å². The van der Waals surface area contributed by atoms with Crippen LogP contribution >= 0.6 is 0 Å². The molecule has 2 saturated heterocycles. The van der Waals surface area contributed by atoms with Gasteiger partial charge in [-0.3, -0.25) is 9.48 Å². The lowest BCUT2D eigenvalue weighted by atomic mass is 10.0. The van der Waals surface area contributed by atoms with E-state index in [1.54, 1.807) is 16.9 Å². The first-order valence-electron chi connectivity index (χ1n) is 14.3. The molecule has 42 heavy (non-hydrogen) atoms. The summed E-state index contributed by atoms with van der Waals surface area (Å²) in [6.07, 6.45) is 5.26. The quantitative estimate of drug-likeness (QED) is 0.366. The number of halogens is 2. The van der Waals surface area contributed by atoms with Gasteiger partial charge >= 0.3 is 0 Å². The van der Waals surface area contributed by atoms with Crippen molar-refractivity contribution in [1.82, 2.24) is 19.3 Å². The van der Waals surface area contributed by atoms with Gasteiger partial charge in [0.15, 0.2) is 0 Å². The molecule has 4 heterocycles. The Hall–Kier alpha value is -3.26. The molecule has 1 spiro atoms. The summed E-state index contributed by atoms with van der Waals surface area (Å²) in [5.74, 6) is -3.46. The molecule has 0 radical (unpaired) electrons. The topological polar surface area (TPSA) is 107 Å². The van der Waals surface area contributed by atoms with Gasteiger partial charge in [0.1, 0.15) is 17.3 Å². The molecule has 0 bridgehead atoms. The van der Waals surface area contributed by atoms with Crippen LogP contribution in [0.2, 0.25) is 0 Å². The molecule has 3 aliphatic heterocycles. The molecule has 0 aliphatic carbocycles. The van der Waals surface area contributed by atoms with Crippen molar-refractivity contribution in [2.45, 2.75) is 75.3 Å². The summed E-state index contributed by atoms with van der Waals surface area (Å²) in [5.41, 5.74) is 1.78. The lowest BCUT2D eigenvalue weighted by Gasteiger charge is -2.32. The fourth-order valence-electron chi connectivity index (χ4n) is 6.05. The van der Waals surface area contributed by atoms with E-state index < -0.39 is 33.4 Å². The van der Waals surface area contributed by atoms with E-state index in [0.29, 0.717) is 61.3 Å². The third-order valence-electron chi connectivity index (χ3n) is 8.09. The summed E-state index contributed by atoms with van der Waals surface area (Å²) in [6.45, 7) is 3.76. The van der Waals surface area contributed by atoms with E-state index in [9.17, 15) is 22.0 Å². The number of rotatable bonds is 9. The molecule has 13 heteroatoms. The van der Waals surface area contributed by atoms with Crippen molar-refractivity contribution in [3.63, 3.8) is 0 Å². The van der Waals surface area contributed by atoms with E-state index in [1.807, 2.05) is 6.92 Å². The Labute approximate surface area is 243 Å². The number of anilines is 1. The Morgan fingerprint density at radius 2 is 1.90 bits per heavy atom. The Balaban J connectivity index is 1.29. The molecule has 0 N–H and O–H groups in total. The minimum Gasteiger partial charge on any atom is -0.338 e. The molecule has 1 atom stereocenters. The van der Waals surface area contributed by atoms with E-state index in [-0.39, 0.29) is 37.1 Å². The van der Waals surface area contributed by atoms with Gasteiger partial charge in [0, 0.05) is 30.8 Å². The standard InChI is InChI=1S/C29H33F2N5O5S/c1-2-12-34-18-22(32-33-34)19-35-27-11-10-24(17-25(27)29(28(35)37)40-14-4-15-41-29)42(38,39)36-13-3-5-23(36)9-7-20-6-8-21(30)16-26(20)31/h6,8,10-11,16-18,23H,2-5,7,9,12-15,19H2,1H3/t23-/m0/s1. The average molecular weight is 602 g/mol. The van der Waals surface area contributed by atoms with Crippen LogP contribution in [0.5, 0.6) is 0 Å². The van der Waals surface area contributed by atoms with E-state index in [2.05, 4.69) is 10.3 Å². The van der Waals surface area contributed by atoms with Crippen LogP contribution in [-0.2, 0) is 49.6 Å². The maximum absolute atomic E-state index is 14.2. The van der Waals surface area contributed by atoms with Crippen LogP contribution in [0.4, 0.5) is 14.5 Å². The second kappa shape index (κ2) is 11.4. The number of carbonyl (C=O) groups is 1. The highest BCUT2D eigenvalue weighted by atomic mass is 32.2. The summed E-state index contributed by atoms with van der Waals surface area (Å²) >= 11 is 0. The summed E-state index contributed by atoms with van der Waals surface area (Å²) in [6, 6.07) is 7.70. The van der Waals surface area contributed by atoms with Crippen LogP contribution in [0.15, 0.2) is 47.5 Å². The molecular weight excluding hydrogens is 568 g/mol. The van der Waals surface area contributed by atoms with Crippen LogP contribution < -0.4 is 4.90 Å². The summed E-state index contributed by atoms with van der Waals surface area (Å²) in [5, 5.41) is 8.32. The Morgan fingerprint density at radius 3 is 2.67 bits per heavy atom. The van der Waals surface area contributed by atoms with E-state index >= 15 is 0 Å². The van der Waals surface area contributed by atoms with Gasteiger partial charge in [-0.1, -0.05) is 18.2 Å². The zero-order valence-electron chi connectivity index (χ0n) is 23.3. The molecule has 1 amide bonds. The summed E-state index contributed by atoms with van der Waals surface area (Å²) in [7, 11) is -3.97. The number of benzene rings is 2. The van der Waals surface area contributed by atoms with Crippen molar-refractivity contribution >= 4 is 21.6 Å². The third kappa shape index (κ3) is 5.12. The van der Waals surface area contributed by atoms with E-state index in [1.165, 1.54) is 33.5 Å². The second-order valence-corrected chi connectivity index (χ2v) is 12.8. The van der Waals surface area contributed by atoms with Crippen molar-refractivity contribution in [3.05, 3.63) is 71.1 Å². The lowest BCUT2D eigenvalue weighted by molar-refractivity contribution is -0.256. The van der Waals surface area contributed by atoms with Crippen LogP contribution in [0.25, 0.3) is 0 Å². The molecule has 2 aromatic carbocycles. The van der Waals surface area contributed by atoms with Crippen molar-refractivity contribution in [2.75, 3.05) is 24.7 Å². The predicted molar refractivity (Wildman–Crippen MR) is 148 cm³/mol. The van der Waals surface area contributed by atoms with Gasteiger partial charge in [-0.2, -0.15) is 4.31 Å². The van der Waals surface area contributed by atoms with Gasteiger partial charge < -0.3 is 14.4 Å². The summed E-state index contributed by atoms with van der Waals surface area (Å²) in [4.78, 5) is 15.4. The zero-order chi connectivity index (χ0) is 29.5. The number of aromatic nitrogens is 3. The number of hydrogen-bond acceptors (Lipinski definition) is 7. The highest BCUT2D eigenvalue weighted by Gasteiger charge is 2.55. The molecule has 2 fully saturated rings. The fraction of sp³-hybridized carbons (Fsp3) is 0.483. The number of hydrogen-bond donors (Lipinski definition) is 0. The van der Waals surface area contributed by atoms with Crippen molar-refractivity contribution in [1.29, 1.82) is 0 Å². The van der Waals surface area contributed by atoms with Crippen molar-refractivity contribution < 1.29 is 31.5 Å². The number of amides is 1. The van der Waals surface area contributed by atoms with Gasteiger partial charge in [0.2, 0.25) is 10.0 Å². The SMILES string of the molecule is CCCn1cc(CN2C(=O)C3(OCCCO3)c3cc(S(=O)(=O)N4CCC[C@H]4CCc4ccc(F)cc4F)ccc32)nn1. The van der Waals surface area contributed by atoms with Gasteiger partial charge in [-0.15, -0.1) is 5.10 Å². The van der Waals surface area contributed by atoms with Crippen LogP contribution in [0, 0.1) is 11.6 Å². The molecule has 0 saturated carbocycles. The second-order valence-electron chi connectivity index (χ2n) is 10.9. The normalized spacial score (nSPS) is 20.5. The monoisotopic (exact) mass is 601 g/mol. The van der Waals surface area contributed by atoms with Crippen LogP contribution in [-0.4, -0.2) is 59.4 Å². The minimum atomic E-state index is -3.97. The fourth-order valence-corrected chi connectivity index (χ4v) is 7.80. The zero-order valence-corrected chi connectivity index (χ0v) is 24.2. The number of aryl methyl sites for hydroxylation is 2. The predicted octanol–water partition coefficient (Wildman–Crippen LogP) is 3.89. The maximum atomic E-state index is 14.2. The highest BCUT2D eigenvalue weighted by molar-refractivity contribution is 7.89. The Kier molecular flexibility index (Phi) is 7.85. The third-order valence-corrected chi connectivity index (χ3v) is 10.0. The molecular formula is C29H33F2N5O5S. The smallest absolute Gasteiger partial charge is 0.292 e. The Bertz CT molecular complexity index is 1590. The molecule has 10 nitrogen and oxygen atoms in total. The first-order chi connectivity index (χ1) is 20.2. The number of sulfonamides is 1. The van der Waals surface area contributed by atoms with Gasteiger partial charge in [-0.05, 0) is 68.4 Å². The lowest BCUT2D eigenvalue weighted by Crippen LogP contribution is -2.47. The number of nitrogens with zero attached hydrogens (tertiary/aromatic N) is 5. The highest BCUT2D eigenvalue weighted by Crippen LogP contribution is 2.47. The molecule has 0 unspecified atom stereocenters. The van der Waals surface area contributed by atoms with E-state index in [0.717, 1.165) is 12.5 Å². The average Bonchev–Trinajstić information content (AvgIpc) is 3.69. The van der Waals surface area contributed by atoms with Crippen molar-refractivity contribution in [3.8, 4) is 0 Å². The van der Waals surface area contributed by atoms with E-state index in [4.69, 9.17) is 9.47 Å². The number of fused-ring (bicyclic) bond motifs is 2. The molecule has 1 aromatic heterocycles. The first-order valence-corrected chi connectivity index (χ1v) is 15.8. The van der Waals surface area contributed by atoms with Gasteiger partial charge in [0.05, 0.1) is 36.5 Å². The number of ether oxygens (including phenoxy) is 2. The molecule has 224 valence electrons. The summed E-state index contributed by atoms with van der Waals surface area (Å²) < 4.78 is 70.6. The van der Waals surface area contributed by atoms with Crippen LogP contribution in [0.1, 0.15) is 55.8 Å². The maximum Gasteiger partial charge on any atom is 0.292 e. The molecule has 6 rings (SSSR count). The first kappa shape index (κ1) is 28.8.